The van der Waals surface area contributed by atoms with Gasteiger partial charge in [0, 0.05) is 38.8 Å². The SMILES string of the molecule is CCCNC(Cc1ccn(C)n1)C1CN(CC)CCO1. The van der Waals surface area contributed by atoms with Gasteiger partial charge in [-0.1, -0.05) is 13.8 Å². The van der Waals surface area contributed by atoms with Gasteiger partial charge < -0.3 is 10.1 Å². The number of nitrogens with one attached hydrogen (secondary N) is 1. The second-order valence-corrected chi connectivity index (χ2v) is 5.55. The Hall–Kier alpha value is -0.910. The highest BCUT2D eigenvalue weighted by molar-refractivity contribution is 5.03. The van der Waals surface area contributed by atoms with Crippen LogP contribution in [0.1, 0.15) is 26.0 Å². The van der Waals surface area contributed by atoms with Crippen LogP contribution in [0.15, 0.2) is 12.3 Å². The van der Waals surface area contributed by atoms with Crippen molar-refractivity contribution in [3.05, 3.63) is 18.0 Å². The molecule has 5 nitrogen and oxygen atoms in total. The molecule has 0 aromatic carbocycles. The highest BCUT2D eigenvalue weighted by Gasteiger charge is 2.27. The molecule has 5 heteroatoms. The molecule has 0 bridgehead atoms. The number of ether oxygens (including phenoxy) is 1. The first-order chi connectivity index (χ1) is 9.72. The minimum absolute atomic E-state index is 0.261. The fraction of sp³-hybridized carbons (Fsp3) is 0.800. The highest BCUT2D eigenvalue weighted by atomic mass is 16.5. The summed E-state index contributed by atoms with van der Waals surface area (Å²) in [6.45, 7) is 9.46. The van der Waals surface area contributed by atoms with E-state index in [0.29, 0.717) is 6.04 Å². The molecule has 1 aromatic rings. The highest BCUT2D eigenvalue weighted by Crippen LogP contribution is 2.13. The number of aryl methyl sites for hydroxylation is 1. The monoisotopic (exact) mass is 280 g/mol. The Morgan fingerprint density at radius 1 is 1.50 bits per heavy atom. The lowest BCUT2D eigenvalue weighted by atomic mass is 10.0. The molecule has 0 spiro atoms. The summed E-state index contributed by atoms with van der Waals surface area (Å²) in [6, 6.07) is 2.44. The van der Waals surface area contributed by atoms with Gasteiger partial charge in [0.15, 0.2) is 0 Å². The van der Waals surface area contributed by atoms with Crippen LogP contribution in [0.5, 0.6) is 0 Å². The molecule has 0 aliphatic carbocycles. The van der Waals surface area contributed by atoms with Crippen molar-refractivity contribution in [1.29, 1.82) is 0 Å². The minimum atomic E-state index is 0.261. The molecule has 1 aliphatic rings. The van der Waals surface area contributed by atoms with E-state index in [4.69, 9.17) is 4.74 Å². The van der Waals surface area contributed by atoms with Crippen molar-refractivity contribution >= 4 is 0 Å². The van der Waals surface area contributed by atoms with E-state index in [0.717, 1.165) is 51.3 Å². The van der Waals surface area contributed by atoms with Gasteiger partial charge in [0.2, 0.25) is 0 Å². The minimum Gasteiger partial charge on any atom is -0.374 e. The van der Waals surface area contributed by atoms with Gasteiger partial charge in [-0.25, -0.2) is 0 Å². The number of morpholine rings is 1. The molecule has 20 heavy (non-hydrogen) atoms. The zero-order chi connectivity index (χ0) is 14.4. The van der Waals surface area contributed by atoms with Crippen molar-refractivity contribution in [1.82, 2.24) is 20.0 Å². The van der Waals surface area contributed by atoms with Gasteiger partial charge in [0.05, 0.1) is 18.4 Å². The first-order valence-corrected chi connectivity index (χ1v) is 7.78. The summed E-state index contributed by atoms with van der Waals surface area (Å²) in [7, 11) is 1.97. The van der Waals surface area contributed by atoms with Gasteiger partial charge in [-0.2, -0.15) is 5.10 Å². The van der Waals surface area contributed by atoms with Crippen LogP contribution < -0.4 is 5.32 Å². The number of aromatic nitrogens is 2. The number of hydrogen-bond acceptors (Lipinski definition) is 4. The van der Waals surface area contributed by atoms with Crippen molar-refractivity contribution in [2.45, 2.75) is 38.8 Å². The fourth-order valence-electron chi connectivity index (χ4n) is 2.72. The Balaban J connectivity index is 1.98. The Labute approximate surface area is 122 Å². The molecular weight excluding hydrogens is 252 g/mol. The van der Waals surface area contributed by atoms with E-state index in [1.807, 2.05) is 17.9 Å². The van der Waals surface area contributed by atoms with E-state index in [-0.39, 0.29) is 6.10 Å². The van der Waals surface area contributed by atoms with E-state index in [9.17, 15) is 0 Å². The lowest BCUT2D eigenvalue weighted by Crippen LogP contribution is -2.53. The molecule has 2 heterocycles. The van der Waals surface area contributed by atoms with E-state index >= 15 is 0 Å². The van der Waals surface area contributed by atoms with E-state index in [2.05, 4.69) is 35.2 Å². The maximum Gasteiger partial charge on any atom is 0.0859 e. The summed E-state index contributed by atoms with van der Waals surface area (Å²) < 4.78 is 7.88. The third-order valence-electron chi connectivity index (χ3n) is 3.93. The number of rotatable bonds is 7. The van der Waals surface area contributed by atoms with Gasteiger partial charge >= 0.3 is 0 Å². The quantitative estimate of drug-likeness (QED) is 0.811. The fourth-order valence-corrected chi connectivity index (χ4v) is 2.72. The molecule has 1 N–H and O–H groups in total. The van der Waals surface area contributed by atoms with Crippen LogP contribution in [-0.4, -0.2) is 59.6 Å². The van der Waals surface area contributed by atoms with E-state index in [1.165, 1.54) is 0 Å². The Bertz CT molecular complexity index is 393. The molecular formula is C15H28N4O. The lowest BCUT2D eigenvalue weighted by Gasteiger charge is -2.36. The Kier molecular flexibility index (Phi) is 6.01. The Morgan fingerprint density at radius 3 is 3.00 bits per heavy atom. The molecule has 0 amide bonds. The predicted octanol–water partition coefficient (Wildman–Crippen LogP) is 1.05. The topological polar surface area (TPSA) is 42.3 Å². The maximum absolute atomic E-state index is 6.01. The van der Waals surface area contributed by atoms with Crippen molar-refractivity contribution in [2.75, 3.05) is 32.8 Å². The number of likely N-dealkylation sites (N-methyl/N-ethyl adjacent to an activating group) is 1. The Morgan fingerprint density at radius 2 is 2.35 bits per heavy atom. The van der Waals surface area contributed by atoms with Gasteiger partial charge in [0.1, 0.15) is 0 Å². The van der Waals surface area contributed by atoms with Gasteiger partial charge in [-0.3, -0.25) is 9.58 Å². The first kappa shape index (κ1) is 15.5. The zero-order valence-corrected chi connectivity index (χ0v) is 13.0. The van der Waals surface area contributed by atoms with Gasteiger partial charge in [-0.05, 0) is 25.6 Å². The molecule has 2 unspecified atom stereocenters. The molecule has 1 aliphatic heterocycles. The van der Waals surface area contributed by atoms with E-state index in [1.54, 1.807) is 0 Å². The number of hydrogen-bond donors (Lipinski definition) is 1. The van der Waals surface area contributed by atoms with Crippen molar-refractivity contribution in [2.24, 2.45) is 7.05 Å². The largest absolute Gasteiger partial charge is 0.374 e. The van der Waals surface area contributed by atoms with Crippen LogP contribution in [0.2, 0.25) is 0 Å². The summed E-state index contributed by atoms with van der Waals surface area (Å²) in [5, 5.41) is 8.14. The molecule has 0 saturated carbocycles. The molecule has 114 valence electrons. The molecule has 1 fully saturated rings. The number of nitrogens with zero attached hydrogens (tertiary/aromatic N) is 3. The molecule has 1 saturated heterocycles. The summed E-state index contributed by atoms with van der Waals surface area (Å²) in [4.78, 5) is 2.47. The lowest BCUT2D eigenvalue weighted by molar-refractivity contribution is -0.0448. The summed E-state index contributed by atoms with van der Waals surface area (Å²) >= 11 is 0. The summed E-state index contributed by atoms with van der Waals surface area (Å²) in [6.07, 6.45) is 4.34. The van der Waals surface area contributed by atoms with Crippen LogP contribution in [-0.2, 0) is 18.2 Å². The van der Waals surface area contributed by atoms with Gasteiger partial charge in [-0.15, -0.1) is 0 Å². The first-order valence-electron chi connectivity index (χ1n) is 7.78. The summed E-state index contributed by atoms with van der Waals surface area (Å²) in [5.74, 6) is 0. The van der Waals surface area contributed by atoms with Crippen molar-refractivity contribution < 1.29 is 4.74 Å². The summed E-state index contributed by atoms with van der Waals surface area (Å²) in [5.41, 5.74) is 1.14. The molecule has 0 radical (unpaired) electrons. The second kappa shape index (κ2) is 7.76. The average molecular weight is 280 g/mol. The average Bonchev–Trinajstić information content (AvgIpc) is 2.88. The molecule has 1 aromatic heterocycles. The smallest absolute Gasteiger partial charge is 0.0859 e. The standard InChI is InChI=1S/C15H28N4O/c1-4-7-16-14(11-13-6-8-18(3)17-13)15-12-19(5-2)9-10-20-15/h6,8,14-16H,4-5,7,9-12H2,1-3H3. The molecule has 2 rings (SSSR count). The van der Waals surface area contributed by atoms with Crippen molar-refractivity contribution in [3.8, 4) is 0 Å². The van der Waals surface area contributed by atoms with Crippen LogP contribution in [0.4, 0.5) is 0 Å². The van der Waals surface area contributed by atoms with E-state index < -0.39 is 0 Å². The maximum atomic E-state index is 6.01. The van der Waals surface area contributed by atoms with Gasteiger partial charge in [0.25, 0.3) is 0 Å². The van der Waals surface area contributed by atoms with Crippen LogP contribution in [0, 0.1) is 0 Å². The normalized spacial score (nSPS) is 22.1. The third kappa shape index (κ3) is 4.30. The second-order valence-electron chi connectivity index (χ2n) is 5.55. The predicted molar refractivity (Wildman–Crippen MR) is 80.8 cm³/mol. The zero-order valence-electron chi connectivity index (χ0n) is 13.0. The van der Waals surface area contributed by atoms with Crippen LogP contribution in [0.3, 0.4) is 0 Å². The van der Waals surface area contributed by atoms with Crippen molar-refractivity contribution in [3.63, 3.8) is 0 Å². The van der Waals surface area contributed by atoms with Crippen LogP contribution in [0.25, 0.3) is 0 Å². The third-order valence-corrected chi connectivity index (χ3v) is 3.93. The van der Waals surface area contributed by atoms with Crippen LogP contribution >= 0.6 is 0 Å². The molecule has 2 atom stereocenters.